The molecule has 3 nitrogen and oxygen atoms in total. The Bertz CT molecular complexity index is 800. The molecule has 0 aromatic heterocycles. The molecule has 0 saturated heterocycles. The number of hydrogen-bond donors (Lipinski definition) is 0. The van der Waals surface area contributed by atoms with Crippen molar-refractivity contribution in [1.29, 1.82) is 0 Å². The highest BCUT2D eigenvalue weighted by Crippen LogP contribution is 2.29. The normalized spacial score (nSPS) is 13.0. The van der Waals surface area contributed by atoms with Gasteiger partial charge in [0.25, 0.3) is 0 Å². The van der Waals surface area contributed by atoms with E-state index in [0.29, 0.717) is 16.2 Å². The topological polar surface area (TPSA) is 44.6 Å². The summed E-state index contributed by atoms with van der Waals surface area (Å²) in [6.45, 7) is 5.44. The van der Waals surface area contributed by atoms with E-state index in [9.17, 15) is 8.94 Å². The van der Waals surface area contributed by atoms with Crippen LogP contribution in [0.25, 0.3) is 11.1 Å². The van der Waals surface area contributed by atoms with Crippen LogP contribution in [0.5, 0.6) is 0 Å². The van der Waals surface area contributed by atoms with Crippen molar-refractivity contribution in [1.82, 2.24) is 0 Å². The minimum atomic E-state index is -1.47. The van der Waals surface area contributed by atoms with Crippen molar-refractivity contribution in [3.05, 3.63) is 59.4 Å². The fourth-order valence-corrected chi connectivity index (χ4v) is 2.86. The fourth-order valence-electron chi connectivity index (χ4n) is 2.17. The highest BCUT2D eigenvalue weighted by molar-refractivity contribution is 7.91. The Balaban J connectivity index is 2.57. The summed E-state index contributed by atoms with van der Waals surface area (Å²) in [6, 6.07) is 12.1. The Labute approximate surface area is 156 Å². The third-order valence-electron chi connectivity index (χ3n) is 3.48. The molecule has 0 fully saturated rings. The van der Waals surface area contributed by atoms with Crippen molar-refractivity contribution in [2.45, 2.75) is 25.5 Å². The van der Waals surface area contributed by atoms with Crippen LogP contribution >= 0.6 is 12.2 Å². The number of thiocarbonyl (C=S) groups is 1. The maximum absolute atomic E-state index is 14.4. The van der Waals surface area contributed by atoms with Gasteiger partial charge in [-0.15, -0.1) is 0 Å². The molecule has 2 aromatic rings. The van der Waals surface area contributed by atoms with E-state index in [0.717, 1.165) is 5.56 Å². The summed E-state index contributed by atoms with van der Waals surface area (Å²) < 4.78 is 35.3. The van der Waals surface area contributed by atoms with E-state index in [1.165, 1.54) is 19.4 Å². The van der Waals surface area contributed by atoms with E-state index in [-0.39, 0.29) is 5.56 Å². The van der Waals surface area contributed by atoms with Gasteiger partial charge < -0.3 is 9.29 Å². The van der Waals surface area contributed by atoms with Gasteiger partial charge in [-0.05, 0) is 56.2 Å². The fraction of sp³-hybridized carbons (Fsp3) is 0.263. The monoisotopic (exact) mass is 377 g/mol. The maximum Gasteiger partial charge on any atom is 0.191 e. The van der Waals surface area contributed by atoms with Gasteiger partial charge in [-0.2, -0.15) is 0 Å². The molecule has 0 heterocycles. The van der Waals surface area contributed by atoms with Gasteiger partial charge in [-0.1, -0.05) is 34.7 Å². The zero-order chi connectivity index (χ0) is 18.6. The first-order valence-corrected chi connectivity index (χ1v) is 9.19. The highest BCUT2D eigenvalue weighted by atomic mass is 32.2. The van der Waals surface area contributed by atoms with E-state index in [2.05, 4.69) is 4.40 Å². The average Bonchev–Trinajstić information content (AvgIpc) is 2.58. The number of halogens is 1. The van der Waals surface area contributed by atoms with E-state index >= 15 is 0 Å². The van der Waals surface area contributed by atoms with Gasteiger partial charge in [0.05, 0.1) is 13.3 Å². The molecule has 1 unspecified atom stereocenters. The number of rotatable bonds is 4. The zero-order valence-electron chi connectivity index (χ0n) is 14.6. The average molecular weight is 378 g/mol. The quantitative estimate of drug-likeness (QED) is 0.441. The molecule has 0 spiro atoms. The largest absolute Gasteiger partial charge is 0.591 e. The summed E-state index contributed by atoms with van der Waals surface area (Å²) in [6.07, 6.45) is 1.33. The number of ether oxygens (including phenoxy) is 1. The molecule has 0 amide bonds. The van der Waals surface area contributed by atoms with Crippen molar-refractivity contribution in [2.24, 2.45) is 4.40 Å². The Kier molecular flexibility index (Phi) is 6.32. The van der Waals surface area contributed by atoms with Crippen molar-refractivity contribution < 1.29 is 13.7 Å². The van der Waals surface area contributed by atoms with E-state index in [1.807, 2.05) is 45.0 Å². The van der Waals surface area contributed by atoms with Gasteiger partial charge in [0.15, 0.2) is 5.05 Å². The number of nitrogens with zero attached hydrogens (tertiary/aromatic N) is 1. The lowest BCUT2D eigenvalue weighted by Crippen LogP contribution is -2.25. The summed E-state index contributed by atoms with van der Waals surface area (Å²) >= 11 is 3.77. The predicted molar refractivity (Wildman–Crippen MR) is 106 cm³/mol. The van der Waals surface area contributed by atoms with Gasteiger partial charge in [0, 0.05) is 11.1 Å². The lowest BCUT2D eigenvalue weighted by Gasteiger charge is -2.18. The van der Waals surface area contributed by atoms with Crippen molar-refractivity contribution in [3.8, 4) is 11.1 Å². The van der Waals surface area contributed by atoms with Crippen LogP contribution < -0.4 is 0 Å². The third kappa shape index (κ3) is 4.66. The molecule has 0 aliphatic rings. The maximum atomic E-state index is 14.4. The predicted octanol–water partition coefficient (Wildman–Crippen LogP) is 4.70. The van der Waals surface area contributed by atoms with Gasteiger partial charge in [-0.25, -0.2) is 4.39 Å². The Morgan fingerprint density at radius 2 is 1.80 bits per heavy atom. The molecule has 6 heteroatoms. The van der Waals surface area contributed by atoms with Crippen molar-refractivity contribution >= 4 is 34.8 Å². The second kappa shape index (κ2) is 8.08. The van der Waals surface area contributed by atoms with Gasteiger partial charge in [-0.3, -0.25) is 0 Å². The van der Waals surface area contributed by atoms with E-state index in [1.54, 1.807) is 12.1 Å². The SMILES string of the molecule is COC(=S)c1ccccc1-c1cccc(F)c1/C=N/[S+]([O-])C(C)(C)C. The standard InChI is InChI=1S/C19H20FNO2S2/c1-19(2,3)25(22)21-12-16-14(10-7-11-17(16)20)13-8-5-6-9-15(13)18(24)23-4/h5-12H,1-4H3/b21-12+. The third-order valence-corrected chi connectivity index (χ3v) is 5.21. The minimum Gasteiger partial charge on any atom is -0.591 e. The number of hydrogen-bond acceptors (Lipinski definition) is 4. The van der Waals surface area contributed by atoms with Gasteiger partial charge in [0.2, 0.25) is 0 Å². The van der Waals surface area contributed by atoms with Crippen LogP contribution in [-0.2, 0) is 16.1 Å². The summed E-state index contributed by atoms with van der Waals surface area (Å²) in [5.41, 5.74) is 2.31. The Hall–Kier alpha value is -1.76. The molecule has 132 valence electrons. The Morgan fingerprint density at radius 1 is 1.16 bits per heavy atom. The summed E-state index contributed by atoms with van der Waals surface area (Å²) in [5.74, 6) is -0.440. The number of methoxy groups -OCH3 is 1. The van der Waals surface area contributed by atoms with Crippen molar-refractivity contribution in [3.63, 3.8) is 0 Å². The molecule has 2 rings (SSSR count). The Morgan fingerprint density at radius 3 is 2.44 bits per heavy atom. The molecule has 2 aromatic carbocycles. The van der Waals surface area contributed by atoms with Gasteiger partial charge in [0.1, 0.15) is 21.9 Å². The van der Waals surface area contributed by atoms with Crippen LogP contribution in [0.2, 0.25) is 0 Å². The number of benzene rings is 2. The first-order valence-electron chi connectivity index (χ1n) is 7.68. The van der Waals surface area contributed by atoms with E-state index in [4.69, 9.17) is 17.0 Å². The minimum absolute atomic E-state index is 0.270. The molecule has 0 aliphatic heterocycles. The summed E-state index contributed by atoms with van der Waals surface area (Å²) in [5, 5.41) is 0.320. The molecule has 25 heavy (non-hydrogen) atoms. The molecule has 1 atom stereocenters. The zero-order valence-corrected chi connectivity index (χ0v) is 16.2. The summed E-state index contributed by atoms with van der Waals surface area (Å²) in [4.78, 5) is 0. The van der Waals surface area contributed by atoms with Crippen LogP contribution in [0.3, 0.4) is 0 Å². The molecule has 0 bridgehead atoms. The molecular formula is C19H20FNO2S2. The highest BCUT2D eigenvalue weighted by Gasteiger charge is 2.26. The lowest BCUT2D eigenvalue weighted by atomic mass is 9.95. The summed E-state index contributed by atoms with van der Waals surface area (Å²) in [7, 11) is 1.50. The lowest BCUT2D eigenvalue weighted by molar-refractivity contribution is 0.416. The molecular weight excluding hydrogens is 357 g/mol. The second-order valence-corrected chi connectivity index (χ2v) is 8.64. The molecule has 0 radical (unpaired) electrons. The first kappa shape index (κ1) is 19.6. The van der Waals surface area contributed by atoms with Crippen LogP contribution in [0.15, 0.2) is 46.9 Å². The van der Waals surface area contributed by atoms with Crippen LogP contribution in [0.1, 0.15) is 31.9 Å². The first-order chi connectivity index (χ1) is 11.8. The van der Waals surface area contributed by atoms with Crippen LogP contribution in [0, 0.1) is 5.82 Å². The molecule has 0 N–H and O–H groups in total. The van der Waals surface area contributed by atoms with Crippen molar-refractivity contribution in [2.75, 3.05) is 7.11 Å². The molecule has 0 saturated carbocycles. The smallest absolute Gasteiger partial charge is 0.191 e. The van der Waals surface area contributed by atoms with E-state index < -0.39 is 21.9 Å². The van der Waals surface area contributed by atoms with Gasteiger partial charge >= 0.3 is 0 Å². The van der Waals surface area contributed by atoms with Crippen LogP contribution in [-0.4, -0.2) is 27.7 Å². The molecule has 0 aliphatic carbocycles. The second-order valence-electron chi connectivity index (χ2n) is 6.33. The van der Waals surface area contributed by atoms with Crippen LogP contribution in [0.4, 0.5) is 4.39 Å².